The van der Waals surface area contributed by atoms with E-state index < -0.39 is 0 Å². The zero-order valence-corrected chi connectivity index (χ0v) is 10.8. The second-order valence-electron chi connectivity index (χ2n) is 3.46. The monoisotopic (exact) mass is 254 g/mol. The van der Waals surface area contributed by atoms with Gasteiger partial charge in [-0.1, -0.05) is 0 Å². The molecular weight excluding hydrogens is 236 g/mol. The number of rotatable bonds is 6. The first kappa shape index (κ1) is 14.1. The van der Waals surface area contributed by atoms with Crippen molar-refractivity contribution in [3.63, 3.8) is 0 Å². The second kappa shape index (κ2) is 6.70. The molecule has 0 aliphatic carbocycles. The molecule has 18 heavy (non-hydrogen) atoms. The summed E-state index contributed by atoms with van der Waals surface area (Å²) >= 11 is 0. The Kier molecular flexibility index (Phi) is 5.26. The summed E-state index contributed by atoms with van der Waals surface area (Å²) in [6.07, 6.45) is 0. The van der Waals surface area contributed by atoms with E-state index in [4.69, 9.17) is 19.9 Å². The van der Waals surface area contributed by atoms with Crippen LogP contribution in [0.3, 0.4) is 0 Å². The minimum Gasteiger partial charge on any atom is -0.493 e. The summed E-state index contributed by atoms with van der Waals surface area (Å²) in [5, 5.41) is 2.67. The molecule has 0 radical (unpaired) electrons. The molecule has 1 rings (SSSR count). The van der Waals surface area contributed by atoms with Gasteiger partial charge in [-0.2, -0.15) is 0 Å². The molecule has 1 amide bonds. The molecule has 0 aliphatic heterocycles. The van der Waals surface area contributed by atoms with Crippen molar-refractivity contribution in [2.24, 2.45) is 5.73 Å². The fourth-order valence-corrected chi connectivity index (χ4v) is 1.50. The third-order valence-electron chi connectivity index (χ3n) is 2.36. The molecular formula is C12H18N2O4. The molecule has 1 aromatic carbocycles. The summed E-state index contributed by atoms with van der Waals surface area (Å²) in [4.78, 5) is 11.8. The number of benzene rings is 1. The van der Waals surface area contributed by atoms with Gasteiger partial charge in [0.25, 0.3) is 5.91 Å². The lowest BCUT2D eigenvalue weighted by Gasteiger charge is -2.13. The van der Waals surface area contributed by atoms with Crippen molar-refractivity contribution >= 4 is 5.91 Å². The molecule has 0 saturated heterocycles. The van der Waals surface area contributed by atoms with E-state index in [-0.39, 0.29) is 5.91 Å². The van der Waals surface area contributed by atoms with Gasteiger partial charge in [-0.15, -0.1) is 0 Å². The maximum absolute atomic E-state index is 11.8. The Hall–Kier alpha value is -1.95. The third-order valence-corrected chi connectivity index (χ3v) is 2.36. The Balaban J connectivity index is 3.10. The third kappa shape index (κ3) is 3.04. The average molecular weight is 254 g/mol. The van der Waals surface area contributed by atoms with E-state index in [9.17, 15) is 4.79 Å². The van der Waals surface area contributed by atoms with Gasteiger partial charge in [0.1, 0.15) is 0 Å². The van der Waals surface area contributed by atoms with Crippen LogP contribution in [0.4, 0.5) is 0 Å². The summed E-state index contributed by atoms with van der Waals surface area (Å²) in [5.41, 5.74) is 5.76. The molecule has 0 unspecified atom stereocenters. The lowest BCUT2D eigenvalue weighted by Crippen LogP contribution is -2.29. The van der Waals surface area contributed by atoms with Gasteiger partial charge in [0.2, 0.25) is 5.75 Å². The van der Waals surface area contributed by atoms with Gasteiger partial charge < -0.3 is 25.3 Å². The van der Waals surface area contributed by atoms with Crippen LogP contribution < -0.4 is 25.3 Å². The van der Waals surface area contributed by atoms with Gasteiger partial charge in [-0.3, -0.25) is 4.79 Å². The standard InChI is InChI=1S/C12H18N2O4/c1-16-9-6-8(12(15)14-5-4-13)7-10(17-2)11(9)18-3/h6-7H,4-5,13H2,1-3H3,(H,14,15). The van der Waals surface area contributed by atoms with E-state index in [2.05, 4.69) is 5.32 Å². The van der Waals surface area contributed by atoms with Crippen molar-refractivity contribution in [2.75, 3.05) is 34.4 Å². The van der Waals surface area contributed by atoms with Gasteiger partial charge >= 0.3 is 0 Å². The molecule has 0 fully saturated rings. The summed E-state index contributed by atoms with van der Waals surface area (Å²) in [6, 6.07) is 3.18. The molecule has 100 valence electrons. The number of hydrogen-bond acceptors (Lipinski definition) is 5. The fraction of sp³-hybridized carbons (Fsp3) is 0.417. The Labute approximate surface area is 106 Å². The van der Waals surface area contributed by atoms with Crippen LogP contribution in [-0.4, -0.2) is 40.3 Å². The largest absolute Gasteiger partial charge is 0.493 e. The minimum atomic E-state index is -0.236. The van der Waals surface area contributed by atoms with Crippen LogP contribution in [0, 0.1) is 0 Å². The number of nitrogens with one attached hydrogen (secondary N) is 1. The van der Waals surface area contributed by atoms with E-state index in [1.54, 1.807) is 12.1 Å². The molecule has 0 aromatic heterocycles. The molecule has 0 saturated carbocycles. The average Bonchev–Trinajstić information content (AvgIpc) is 2.42. The van der Waals surface area contributed by atoms with Crippen molar-refractivity contribution in [1.82, 2.24) is 5.32 Å². The fourth-order valence-electron chi connectivity index (χ4n) is 1.50. The van der Waals surface area contributed by atoms with Crippen LogP contribution in [0.5, 0.6) is 17.2 Å². The highest BCUT2D eigenvalue weighted by molar-refractivity contribution is 5.95. The molecule has 6 nitrogen and oxygen atoms in total. The van der Waals surface area contributed by atoms with Gasteiger partial charge in [0.15, 0.2) is 11.5 Å². The number of nitrogens with two attached hydrogens (primary N) is 1. The van der Waals surface area contributed by atoms with Crippen LogP contribution in [0.2, 0.25) is 0 Å². The Morgan fingerprint density at radius 1 is 1.17 bits per heavy atom. The van der Waals surface area contributed by atoms with Crippen LogP contribution in [0.15, 0.2) is 12.1 Å². The number of ether oxygens (including phenoxy) is 3. The van der Waals surface area contributed by atoms with Gasteiger partial charge in [-0.05, 0) is 12.1 Å². The highest BCUT2D eigenvalue weighted by Gasteiger charge is 2.16. The first-order valence-electron chi connectivity index (χ1n) is 5.46. The van der Waals surface area contributed by atoms with Crippen molar-refractivity contribution in [3.8, 4) is 17.2 Å². The van der Waals surface area contributed by atoms with Crippen molar-refractivity contribution < 1.29 is 19.0 Å². The van der Waals surface area contributed by atoms with E-state index in [0.29, 0.717) is 35.9 Å². The van der Waals surface area contributed by atoms with E-state index >= 15 is 0 Å². The van der Waals surface area contributed by atoms with E-state index in [0.717, 1.165) is 0 Å². The van der Waals surface area contributed by atoms with Gasteiger partial charge in [0.05, 0.1) is 21.3 Å². The second-order valence-corrected chi connectivity index (χ2v) is 3.46. The molecule has 0 bridgehead atoms. The van der Waals surface area contributed by atoms with Crippen molar-refractivity contribution in [1.29, 1.82) is 0 Å². The molecule has 6 heteroatoms. The lowest BCUT2D eigenvalue weighted by molar-refractivity contribution is 0.0954. The SMILES string of the molecule is COc1cc(C(=O)NCCN)cc(OC)c1OC. The molecule has 0 aliphatic rings. The Bertz CT molecular complexity index is 396. The molecule has 0 spiro atoms. The highest BCUT2D eigenvalue weighted by atomic mass is 16.5. The van der Waals surface area contributed by atoms with Gasteiger partial charge in [-0.25, -0.2) is 0 Å². The minimum absolute atomic E-state index is 0.236. The zero-order valence-electron chi connectivity index (χ0n) is 10.8. The summed E-state index contributed by atoms with van der Waals surface area (Å²) in [6.45, 7) is 0.797. The smallest absolute Gasteiger partial charge is 0.251 e. The normalized spacial score (nSPS) is 9.78. The first-order chi connectivity index (χ1) is 8.67. The summed E-state index contributed by atoms with van der Waals surface area (Å²) in [5.74, 6) is 1.10. The van der Waals surface area contributed by atoms with Crippen LogP contribution >= 0.6 is 0 Å². The molecule has 0 heterocycles. The lowest BCUT2D eigenvalue weighted by atomic mass is 10.1. The zero-order chi connectivity index (χ0) is 13.5. The molecule has 0 atom stereocenters. The topological polar surface area (TPSA) is 82.8 Å². The number of carbonyl (C=O) groups excluding carboxylic acids is 1. The highest BCUT2D eigenvalue weighted by Crippen LogP contribution is 2.38. The van der Waals surface area contributed by atoms with Crippen LogP contribution in [-0.2, 0) is 0 Å². The predicted molar refractivity (Wildman–Crippen MR) is 67.5 cm³/mol. The maximum Gasteiger partial charge on any atom is 0.251 e. The van der Waals surface area contributed by atoms with Gasteiger partial charge in [0, 0.05) is 18.7 Å². The maximum atomic E-state index is 11.8. The van der Waals surface area contributed by atoms with Crippen LogP contribution in [0.1, 0.15) is 10.4 Å². The summed E-state index contributed by atoms with van der Waals surface area (Å²) < 4.78 is 15.5. The van der Waals surface area contributed by atoms with Crippen molar-refractivity contribution in [3.05, 3.63) is 17.7 Å². The number of methoxy groups -OCH3 is 3. The molecule has 1 aromatic rings. The van der Waals surface area contributed by atoms with E-state index in [1.165, 1.54) is 21.3 Å². The van der Waals surface area contributed by atoms with Crippen LogP contribution in [0.25, 0.3) is 0 Å². The first-order valence-corrected chi connectivity index (χ1v) is 5.46. The Morgan fingerprint density at radius 3 is 2.11 bits per heavy atom. The van der Waals surface area contributed by atoms with E-state index in [1.807, 2.05) is 0 Å². The Morgan fingerprint density at radius 2 is 1.72 bits per heavy atom. The quantitative estimate of drug-likeness (QED) is 0.768. The van der Waals surface area contributed by atoms with Crippen molar-refractivity contribution in [2.45, 2.75) is 0 Å². The number of carbonyl (C=O) groups is 1. The predicted octanol–water partition coefficient (Wildman–Crippen LogP) is 0.401. The number of amides is 1. The molecule has 3 N–H and O–H groups in total. The summed E-state index contributed by atoms with van der Waals surface area (Å²) in [7, 11) is 4.51. The number of hydrogen-bond donors (Lipinski definition) is 2.